The van der Waals surface area contributed by atoms with Gasteiger partial charge in [0.1, 0.15) is 0 Å². The largest absolute Gasteiger partial charge is 0.411 e. The SMILES string of the molecule is CC(/C=C1/N(C)c2ccccc2C1(C)C)=N\O. The van der Waals surface area contributed by atoms with Crippen molar-refractivity contribution in [2.24, 2.45) is 5.16 Å². The first kappa shape index (κ1) is 11.7. The number of allylic oxidation sites excluding steroid dienone is 2. The van der Waals surface area contributed by atoms with Gasteiger partial charge in [-0.1, -0.05) is 37.2 Å². The molecule has 0 radical (unpaired) electrons. The number of nitrogens with zero attached hydrogens (tertiary/aromatic N) is 2. The minimum absolute atomic E-state index is 0.0582. The van der Waals surface area contributed by atoms with Crippen LogP contribution < -0.4 is 4.90 Å². The summed E-state index contributed by atoms with van der Waals surface area (Å²) >= 11 is 0. The first-order chi connectivity index (χ1) is 7.98. The second-order valence-corrected chi connectivity index (χ2v) is 4.97. The normalized spacial score (nSPS) is 20.8. The number of rotatable bonds is 1. The summed E-state index contributed by atoms with van der Waals surface area (Å²) in [5.74, 6) is 0. The van der Waals surface area contributed by atoms with Crippen LogP contribution in [0.15, 0.2) is 41.2 Å². The molecular weight excluding hydrogens is 212 g/mol. The highest BCUT2D eigenvalue weighted by Gasteiger charge is 2.38. The van der Waals surface area contributed by atoms with Crippen LogP contribution >= 0.6 is 0 Å². The molecule has 17 heavy (non-hydrogen) atoms. The predicted octanol–water partition coefficient (Wildman–Crippen LogP) is 3.15. The summed E-state index contributed by atoms with van der Waals surface area (Å²) in [5.41, 5.74) is 4.23. The van der Waals surface area contributed by atoms with Gasteiger partial charge < -0.3 is 10.1 Å². The van der Waals surface area contributed by atoms with E-state index in [0.717, 1.165) is 5.70 Å². The Morgan fingerprint density at radius 1 is 1.35 bits per heavy atom. The average Bonchev–Trinajstić information content (AvgIpc) is 2.51. The van der Waals surface area contributed by atoms with E-state index in [9.17, 15) is 0 Å². The van der Waals surface area contributed by atoms with Crippen LogP contribution in [0.25, 0.3) is 0 Å². The van der Waals surface area contributed by atoms with Crippen molar-refractivity contribution in [2.45, 2.75) is 26.2 Å². The van der Waals surface area contributed by atoms with Gasteiger partial charge in [-0.05, 0) is 24.6 Å². The van der Waals surface area contributed by atoms with Gasteiger partial charge in [0.05, 0.1) is 5.71 Å². The molecule has 1 aliphatic rings. The van der Waals surface area contributed by atoms with Crippen molar-refractivity contribution < 1.29 is 5.21 Å². The lowest BCUT2D eigenvalue weighted by molar-refractivity contribution is 0.319. The van der Waals surface area contributed by atoms with E-state index in [1.807, 2.05) is 19.2 Å². The second-order valence-electron chi connectivity index (χ2n) is 4.97. The van der Waals surface area contributed by atoms with E-state index in [1.54, 1.807) is 6.92 Å². The number of hydrogen-bond donors (Lipinski definition) is 1. The molecule has 0 amide bonds. The summed E-state index contributed by atoms with van der Waals surface area (Å²) in [6.45, 7) is 6.16. The van der Waals surface area contributed by atoms with Crippen molar-refractivity contribution in [3.05, 3.63) is 41.6 Å². The van der Waals surface area contributed by atoms with Gasteiger partial charge in [-0.25, -0.2) is 0 Å². The second kappa shape index (κ2) is 3.91. The molecule has 1 N–H and O–H groups in total. The molecular formula is C14H18N2O. The Hall–Kier alpha value is -1.77. The minimum Gasteiger partial charge on any atom is -0.411 e. The molecule has 1 aromatic rings. The van der Waals surface area contributed by atoms with Crippen molar-refractivity contribution in [1.29, 1.82) is 0 Å². The van der Waals surface area contributed by atoms with E-state index in [4.69, 9.17) is 5.21 Å². The summed E-state index contributed by atoms with van der Waals surface area (Å²) in [5, 5.41) is 12.0. The molecule has 3 nitrogen and oxygen atoms in total. The van der Waals surface area contributed by atoms with Crippen molar-refractivity contribution in [3.63, 3.8) is 0 Å². The van der Waals surface area contributed by atoms with E-state index in [0.29, 0.717) is 5.71 Å². The van der Waals surface area contributed by atoms with Crippen LogP contribution in [-0.4, -0.2) is 18.0 Å². The summed E-state index contributed by atoms with van der Waals surface area (Å²) in [4.78, 5) is 2.16. The number of fused-ring (bicyclic) bond motifs is 1. The molecule has 0 bridgehead atoms. The van der Waals surface area contributed by atoms with E-state index < -0.39 is 0 Å². The number of oxime groups is 1. The number of para-hydroxylation sites is 1. The van der Waals surface area contributed by atoms with Crippen LogP contribution in [0.3, 0.4) is 0 Å². The predicted molar refractivity (Wildman–Crippen MR) is 70.8 cm³/mol. The van der Waals surface area contributed by atoms with E-state index in [2.05, 4.69) is 42.1 Å². The van der Waals surface area contributed by atoms with E-state index in [-0.39, 0.29) is 5.41 Å². The molecule has 0 aliphatic carbocycles. The van der Waals surface area contributed by atoms with Crippen LogP contribution in [0, 0.1) is 0 Å². The van der Waals surface area contributed by atoms with Crippen LogP contribution in [0.4, 0.5) is 5.69 Å². The van der Waals surface area contributed by atoms with Crippen molar-refractivity contribution in [1.82, 2.24) is 0 Å². The van der Waals surface area contributed by atoms with Gasteiger partial charge in [0, 0.05) is 23.8 Å². The first-order valence-electron chi connectivity index (χ1n) is 5.72. The third-order valence-electron chi connectivity index (χ3n) is 3.44. The van der Waals surface area contributed by atoms with E-state index >= 15 is 0 Å². The molecule has 1 aliphatic heterocycles. The molecule has 0 aromatic heterocycles. The summed E-state index contributed by atoms with van der Waals surface area (Å²) < 4.78 is 0. The monoisotopic (exact) mass is 230 g/mol. The molecule has 2 rings (SSSR count). The zero-order chi connectivity index (χ0) is 12.6. The Labute approximate surface area is 102 Å². The number of benzene rings is 1. The molecule has 0 fully saturated rings. The van der Waals surface area contributed by atoms with Crippen LogP contribution in [0.2, 0.25) is 0 Å². The molecule has 1 aromatic carbocycles. The lowest BCUT2D eigenvalue weighted by Gasteiger charge is -2.24. The lowest BCUT2D eigenvalue weighted by atomic mass is 9.83. The highest BCUT2D eigenvalue weighted by atomic mass is 16.4. The zero-order valence-corrected chi connectivity index (χ0v) is 10.7. The smallest absolute Gasteiger partial charge is 0.0782 e. The highest BCUT2D eigenvalue weighted by Crippen LogP contribution is 2.46. The molecule has 0 spiro atoms. The Kier molecular flexibility index (Phi) is 2.69. The number of anilines is 1. The summed E-state index contributed by atoms with van der Waals surface area (Å²) in [6, 6.07) is 8.37. The Morgan fingerprint density at radius 3 is 2.59 bits per heavy atom. The Morgan fingerprint density at radius 2 is 2.00 bits per heavy atom. The molecule has 0 saturated carbocycles. The van der Waals surface area contributed by atoms with Gasteiger partial charge in [-0.15, -0.1) is 0 Å². The van der Waals surface area contributed by atoms with Crippen LogP contribution in [0.1, 0.15) is 26.3 Å². The number of likely N-dealkylation sites (N-methyl/N-ethyl adjacent to an activating group) is 1. The third kappa shape index (κ3) is 1.71. The molecule has 0 atom stereocenters. The van der Waals surface area contributed by atoms with Gasteiger partial charge in [0.2, 0.25) is 0 Å². The maximum Gasteiger partial charge on any atom is 0.0782 e. The maximum atomic E-state index is 8.79. The fourth-order valence-corrected chi connectivity index (χ4v) is 2.49. The fraction of sp³-hybridized carbons (Fsp3) is 0.357. The summed E-state index contributed by atoms with van der Waals surface area (Å²) in [7, 11) is 2.05. The maximum absolute atomic E-state index is 8.79. The molecule has 3 heteroatoms. The minimum atomic E-state index is -0.0582. The lowest BCUT2D eigenvalue weighted by Crippen LogP contribution is -2.23. The van der Waals surface area contributed by atoms with Gasteiger partial charge in [0.25, 0.3) is 0 Å². The van der Waals surface area contributed by atoms with Crippen LogP contribution in [0.5, 0.6) is 0 Å². The standard InChI is InChI=1S/C14H18N2O/c1-10(15-17)9-13-14(2,3)11-7-5-6-8-12(11)16(13)4/h5-9,17H,1-4H3/b13-9+,15-10+. The van der Waals surface area contributed by atoms with Gasteiger partial charge in [0.15, 0.2) is 0 Å². The Bertz CT molecular complexity index is 501. The quantitative estimate of drug-likeness (QED) is 0.457. The Balaban J connectivity index is 2.58. The summed E-state index contributed by atoms with van der Waals surface area (Å²) in [6.07, 6.45) is 1.93. The molecule has 1 heterocycles. The van der Waals surface area contributed by atoms with Crippen LogP contribution in [-0.2, 0) is 5.41 Å². The van der Waals surface area contributed by atoms with Crippen molar-refractivity contribution in [2.75, 3.05) is 11.9 Å². The van der Waals surface area contributed by atoms with Crippen molar-refractivity contribution in [3.8, 4) is 0 Å². The first-order valence-corrected chi connectivity index (χ1v) is 5.72. The van der Waals surface area contributed by atoms with E-state index in [1.165, 1.54) is 11.3 Å². The molecule has 0 unspecified atom stereocenters. The average molecular weight is 230 g/mol. The van der Waals surface area contributed by atoms with Gasteiger partial charge >= 0.3 is 0 Å². The molecule has 0 saturated heterocycles. The zero-order valence-electron chi connectivity index (χ0n) is 10.7. The highest BCUT2D eigenvalue weighted by molar-refractivity contribution is 5.94. The number of hydrogen-bond acceptors (Lipinski definition) is 3. The molecule has 90 valence electrons. The topological polar surface area (TPSA) is 35.8 Å². The van der Waals surface area contributed by atoms with Gasteiger partial charge in [-0.2, -0.15) is 0 Å². The fourth-order valence-electron chi connectivity index (χ4n) is 2.49. The third-order valence-corrected chi connectivity index (χ3v) is 3.44. The van der Waals surface area contributed by atoms with Crippen molar-refractivity contribution >= 4 is 11.4 Å². The van der Waals surface area contributed by atoms with Gasteiger partial charge in [-0.3, -0.25) is 0 Å².